The summed E-state index contributed by atoms with van der Waals surface area (Å²) in [4.78, 5) is 4.18. The topological polar surface area (TPSA) is 51.0 Å². The van der Waals surface area contributed by atoms with E-state index in [0.717, 1.165) is 5.56 Å². The maximum Gasteiger partial charge on any atom is 0.240 e. The van der Waals surface area contributed by atoms with Gasteiger partial charge in [-0.15, -0.1) is 6.58 Å². The molecule has 0 aliphatic rings. The average Bonchev–Trinajstić information content (AvgIpc) is 2.79. The molecule has 2 rings (SSSR count). The Morgan fingerprint density at radius 2 is 2.12 bits per heavy atom. The number of hydrogen-bond acceptors (Lipinski definition) is 4. The molecule has 0 fully saturated rings. The molecule has 0 unspecified atom stereocenters. The van der Waals surface area contributed by atoms with E-state index in [2.05, 4.69) is 22.0 Å². The Kier molecular flexibility index (Phi) is 3.62. The molecule has 0 spiro atoms. The lowest BCUT2D eigenvalue weighted by atomic mass is 10.2. The lowest BCUT2D eigenvalue weighted by molar-refractivity contribution is 0.370. The zero-order valence-electron chi connectivity index (χ0n) is 9.19. The molecule has 0 aliphatic carbocycles. The molecule has 0 radical (unpaired) electrons. The van der Waals surface area contributed by atoms with Gasteiger partial charge in [0.05, 0.1) is 6.54 Å². The van der Waals surface area contributed by atoms with Crippen LogP contribution in [-0.4, -0.2) is 16.7 Å². The Balaban J connectivity index is 2.07. The second kappa shape index (κ2) is 5.36. The number of halogens is 1. The minimum Gasteiger partial charge on any atom is -0.338 e. The van der Waals surface area contributed by atoms with E-state index in [0.29, 0.717) is 24.8 Å². The first-order valence-electron chi connectivity index (χ1n) is 5.20. The van der Waals surface area contributed by atoms with Crippen LogP contribution < -0.4 is 5.32 Å². The quantitative estimate of drug-likeness (QED) is 0.635. The van der Waals surface area contributed by atoms with Gasteiger partial charge in [-0.1, -0.05) is 11.2 Å². The predicted octanol–water partition coefficient (Wildman–Crippen LogP) is 2.15. The summed E-state index contributed by atoms with van der Waals surface area (Å²) in [6, 6.07) is 5.95. The molecule has 17 heavy (non-hydrogen) atoms. The number of nitrogens with one attached hydrogen (secondary N) is 1. The fraction of sp³-hybridized carbons (Fsp3) is 0.167. The molecule has 4 nitrogen and oxygen atoms in total. The van der Waals surface area contributed by atoms with Crippen LogP contribution in [0.2, 0.25) is 0 Å². The summed E-state index contributed by atoms with van der Waals surface area (Å²) in [5, 5.41) is 6.87. The van der Waals surface area contributed by atoms with Gasteiger partial charge in [0, 0.05) is 12.1 Å². The second-order valence-corrected chi connectivity index (χ2v) is 3.44. The first kappa shape index (κ1) is 11.5. The van der Waals surface area contributed by atoms with Crippen molar-refractivity contribution in [3.05, 3.63) is 48.6 Å². The summed E-state index contributed by atoms with van der Waals surface area (Å²) in [5.41, 5.74) is 0.727. The molecule has 5 heteroatoms. The van der Waals surface area contributed by atoms with Gasteiger partial charge < -0.3 is 9.84 Å². The highest BCUT2D eigenvalue weighted by Gasteiger charge is 2.07. The third-order valence-corrected chi connectivity index (χ3v) is 2.14. The highest BCUT2D eigenvalue weighted by molar-refractivity contribution is 5.53. The summed E-state index contributed by atoms with van der Waals surface area (Å²) in [7, 11) is 0. The molecule has 1 heterocycles. The Labute approximate surface area is 98.2 Å². The maximum atomic E-state index is 12.7. The molecule has 0 amide bonds. The average molecular weight is 233 g/mol. The van der Waals surface area contributed by atoms with Crippen molar-refractivity contribution in [2.45, 2.75) is 6.54 Å². The Morgan fingerprint density at radius 3 is 2.82 bits per heavy atom. The normalized spacial score (nSPS) is 10.4. The fourth-order valence-electron chi connectivity index (χ4n) is 1.32. The Hall–Kier alpha value is -2.01. The van der Waals surface area contributed by atoms with Gasteiger partial charge in [-0.25, -0.2) is 4.39 Å². The minimum atomic E-state index is -0.287. The number of hydrogen-bond donors (Lipinski definition) is 1. The molecule has 1 N–H and O–H groups in total. The maximum absolute atomic E-state index is 12.7. The minimum absolute atomic E-state index is 0.287. The third-order valence-electron chi connectivity index (χ3n) is 2.14. The van der Waals surface area contributed by atoms with Crippen molar-refractivity contribution in [1.29, 1.82) is 0 Å². The fourth-order valence-corrected chi connectivity index (χ4v) is 1.32. The van der Waals surface area contributed by atoms with E-state index in [-0.39, 0.29) is 5.82 Å². The van der Waals surface area contributed by atoms with Crippen LogP contribution >= 0.6 is 0 Å². The van der Waals surface area contributed by atoms with Crippen molar-refractivity contribution in [2.24, 2.45) is 0 Å². The number of nitrogens with zero attached hydrogens (tertiary/aromatic N) is 2. The lowest BCUT2D eigenvalue weighted by Gasteiger charge is -1.94. The molecule has 1 aromatic carbocycles. The second-order valence-electron chi connectivity index (χ2n) is 3.44. The van der Waals surface area contributed by atoms with E-state index in [9.17, 15) is 4.39 Å². The van der Waals surface area contributed by atoms with Crippen molar-refractivity contribution in [3.63, 3.8) is 0 Å². The largest absolute Gasteiger partial charge is 0.338 e. The summed E-state index contributed by atoms with van der Waals surface area (Å²) in [6.45, 7) is 4.75. The van der Waals surface area contributed by atoms with Gasteiger partial charge in [-0.3, -0.25) is 0 Å². The van der Waals surface area contributed by atoms with Gasteiger partial charge in [0.1, 0.15) is 5.82 Å². The molecular weight excluding hydrogens is 221 g/mol. The lowest BCUT2D eigenvalue weighted by Crippen LogP contribution is -2.12. The Bertz CT molecular complexity index is 493. The van der Waals surface area contributed by atoms with Gasteiger partial charge in [0.25, 0.3) is 0 Å². The number of rotatable bonds is 5. The SMILES string of the molecule is C=CCNCc1nc(-c2ccc(F)cc2)no1. The van der Waals surface area contributed by atoms with Crippen LogP contribution in [0.4, 0.5) is 4.39 Å². The van der Waals surface area contributed by atoms with Gasteiger partial charge in [0.2, 0.25) is 11.7 Å². The highest BCUT2D eigenvalue weighted by Crippen LogP contribution is 2.15. The highest BCUT2D eigenvalue weighted by atomic mass is 19.1. The summed E-state index contributed by atoms with van der Waals surface area (Å²) in [5.74, 6) is 0.664. The first-order chi connectivity index (χ1) is 8.29. The molecule has 0 saturated carbocycles. The molecule has 88 valence electrons. The van der Waals surface area contributed by atoms with Gasteiger partial charge in [0.15, 0.2) is 0 Å². The molecule has 0 atom stereocenters. The van der Waals surface area contributed by atoms with Crippen LogP contribution in [0.15, 0.2) is 41.4 Å². The van der Waals surface area contributed by atoms with Crippen LogP contribution in [-0.2, 0) is 6.54 Å². The molecule has 1 aromatic heterocycles. The van der Waals surface area contributed by atoms with Gasteiger partial charge in [-0.05, 0) is 24.3 Å². The zero-order chi connectivity index (χ0) is 12.1. The first-order valence-corrected chi connectivity index (χ1v) is 5.20. The molecular formula is C12H12FN3O. The predicted molar refractivity (Wildman–Crippen MR) is 61.6 cm³/mol. The van der Waals surface area contributed by atoms with Crippen LogP contribution in [0.5, 0.6) is 0 Å². The standard InChI is InChI=1S/C12H12FN3O/c1-2-7-14-8-11-15-12(16-17-11)9-3-5-10(13)6-4-9/h2-6,14H,1,7-8H2. The molecule has 2 aromatic rings. The van der Waals surface area contributed by atoms with E-state index in [1.807, 2.05) is 0 Å². The van der Waals surface area contributed by atoms with Crippen molar-refractivity contribution in [3.8, 4) is 11.4 Å². The number of benzene rings is 1. The van der Waals surface area contributed by atoms with E-state index >= 15 is 0 Å². The third kappa shape index (κ3) is 2.98. The van der Waals surface area contributed by atoms with Crippen LogP contribution in [0.3, 0.4) is 0 Å². The Morgan fingerprint density at radius 1 is 1.35 bits per heavy atom. The van der Waals surface area contributed by atoms with Gasteiger partial charge in [-0.2, -0.15) is 4.98 Å². The molecule has 0 bridgehead atoms. The summed E-state index contributed by atoms with van der Waals surface area (Å²) >= 11 is 0. The van der Waals surface area contributed by atoms with Crippen molar-refractivity contribution >= 4 is 0 Å². The van der Waals surface area contributed by atoms with E-state index in [4.69, 9.17) is 4.52 Å². The molecule has 0 saturated heterocycles. The van der Waals surface area contributed by atoms with Crippen molar-refractivity contribution < 1.29 is 8.91 Å². The van der Waals surface area contributed by atoms with E-state index < -0.39 is 0 Å². The smallest absolute Gasteiger partial charge is 0.240 e. The number of aromatic nitrogens is 2. The van der Waals surface area contributed by atoms with Crippen molar-refractivity contribution in [1.82, 2.24) is 15.5 Å². The van der Waals surface area contributed by atoms with Crippen molar-refractivity contribution in [2.75, 3.05) is 6.54 Å². The van der Waals surface area contributed by atoms with Gasteiger partial charge >= 0.3 is 0 Å². The van der Waals surface area contributed by atoms with Crippen LogP contribution in [0, 0.1) is 5.82 Å². The molecule has 0 aliphatic heterocycles. The van der Waals surface area contributed by atoms with Crippen LogP contribution in [0.1, 0.15) is 5.89 Å². The summed E-state index contributed by atoms with van der Waals surface area (Å²) in [6.07, 6.45) is 1.75. The zero-order valence-corrected chi connectivity index (χ0v) is 9.19. The monoisotopic (exact) mass is 233 g/mol. The summed E-state index contributed by atoms with van der Waals surface area (Å²) < 4.78 is 17.8. The van der Waals surface area contributed by atoms with E-state index in [1.54, 1.807) is 18.2 Å². The van der Waals surface area contributed by atoms with Crippen LogP contribution in [0.25, 0.3) is 11.4 Å². The van der Waals surface area contributed by atoms with E-state index in [1.165, 1.54) is 12.1 Å².